The molecule has 1 aromatic rings. The Morgan fingerprint density at radius 3 is 2.84 bits per heavy atom. The number of aliphatic hydroxyl groups is 1. The minimum absolute atomic E-state index is 0.306. The predicted molar refractivity (Wildman–Crippen MR) is 77.9 cm³/mol. The van der Waals surface area contributed by atoms with Crippen molar-refractivity contribution in [1.29, 1.82) is 0 Å². The fourth-order valence-corrected chi connectivity index (χ4v) is 2.51. The van der Waals surface area contributed by atoms with Crippen LogP contribution in [0, 0.1) is 6.92 Å². The number of rotatable bonds is 6. The molecular weight excluding hydrogens is 262 g/mol. The Morgan fingerprint density at radius 1 is 1.42 bits per heavy atom. The predicted octanol–water partition coefficient (Wildman–Crippen LogP) is 2.92. The average molecular weight is 284 g/mol. The van der Waals surface area contributed by atoms with Crippen LogP contribution in [0.4, 0.5) is 0 Å². The third-order valence-electron chi connectivity index (χ3n) is 3.57. The molecule has 0 radical (unpaired) electrons. The highest BCUT2D eigenvalue weighted by Crippen LogP contribution is 2.21. The molecule has 0 bridgehead atoms. The van der Waals surface area contributed by atoms with Gasteiger partial charge in [-0.3, -0.25) is 0 Å². The van der Waals surface area contributed by atoms with Crippen LogP contribution < -0.4 is 10.1 Å². The zero-order valence-corrected chi connectivity index (χ0v) is 12.1. The number of hydrogen-bond donors (Lipinski definition) is 2. The van der Waals surface area contributed by atoms with Crippen molar-refractivity contribution in [3.8, 4) is 5.75 Å². The van der Waals surface area contributed by atoms with E-state index in [-0.39, 0.29) is 0 Å². The molecular formula is C15H22ClNO2. The number of ether oxygens (including phenoxy) is 1. The van der Waals surface area contributed by atoms with Crippen LogP contribution in [0.3, 0.4) is 0 Å². The summed E-state index contributed by atoms with van der Waals surface area (Å²) in [5.41, 5.74) is 0.984. The lowest BCUT2D eigenvalue weighted by Crippen LogP contribution is -2.36. The van der Waals surface area contributed by atoms with Crippen molar-refractivity contribution in [1.82, 2.24) is 5.32 Å². The summed E-state index contributed by atoms with van der Waals surface area (Å²) in [6.07, 6.45) is 4.58. The molecule has 3 nitrogen and oxygen atoms in total. The number of nitrogens with one attached hydrogen (secondary N) is 1. The minimum Gasteiger partial charge on any atom is -0.491 e. The molecule has 0 aliphatic heterocycles. The summed E-state index contributed by atoms with van der Waals surface area (Å²) in [6, 6.07) is 6.11. The molecule has 1 atom stereocenters. The molecule has 19 heavy (non-hydrogen) atoms. The van der Waals surface area contributed by atoms with Crippen LogP contribution in [-0.4, -0.2) is 30.4 Å². The minimum atomic E-state index is -0.475. The largest absolute Gasteiger partial charge is 0.491 e. The zero-order chi connectivity index (χ0) is 13.7. The summed E-state index contributed by atoms with van der Waals surface area (Å²) >= 11 is 5.95. The van der Waals surface area contributed by atoms with E-state index in [0.29, 0.717) is 19.2 Å². The second-order valence-corrected chi connectivity index (χ2v) is 5.67. The van der Waals surface area contributed by atoms with Gasteiger partial charge in [-0.05, 0) is 43.5 Å². The average Bonchev–Trinajstić information content (AvgIpc) is 2.91. The smallest absolute Gasteiger partial charge is 0.119 e. The topological polar surface area (TPSA) is 41.5 Å². The van der Waals surface area contributed by atoms with E-state index in [2.05, 4.69) is 5.32 Å². The van der Waals surface area contributed by atoms with Gasteiger partial charge >= 0.3 is 0 Å². The molecule has 1 aliphatic rings. The van der Waals surface area contributed by atoms with Gasteiger partial charge in [-0.15, -0.1) is 0 Å². The van der Waals surface area contributed by atoms with E-state index in [9.17, 15) is 5.11 Å². The van der Waals surface area contributed by atoms with Crippen molar-refractivity contribution < 1.29 is 9.84 Å². The van der Waals surface area contributed by atoms with Gasteiger partial charge in [0.2, 0.25) is 0 Å². The molecule has 2 rings (SSSR count). The van der Waals surface area contributed by atoms with Crippen molar-refractivity contribution in [2.45, 2.75) is 44.8 Å². The van der Waals surface area contributed by atoms with Gasteiger partial charge in [0.1, 0.15) is 18.5 Å². The maximum absolute atomic E-state index is 9.88. The summed E-state index contributed by atoms with van der Waals surface area (Å²) in [5, 5.41) is 14.0. The molecule has 0 spiro atoms. The highest BCUT2D eigenvalue weighted by Gasteiger charge is 2.15. The van der Waals surface area contributed by atoms with Crippen LogP contribution in [0.25, 0.3) is 0 Å². The van der Waals surface area contributed by atoms with Gasteiger partial charge in [0.05, 0.1) is 0 Å². The molecule has 0 saturated heterocycles. The van der Waals surface area contributed by atoms with Gasteiger partial charge in [0.25, 0.3) is 0 Å². The molecule has 1 aliphatic carbocycles. The molecule has 1 aromatic carbocycles. The van der Waals surface area contributed by atoms with Crippen LogP contribution in [-0.2, 0) is 0 Å². The van der Waals surface area contributed by atoms with Gasteiger partial charge in [-0.25, -0.2) is 0 Å². The molecule has 4 heteroatoms. The Bertz CT molecular complexity index is 405. The van der Waals surface area contributed by atoms with E-state index >= 15 is 0 Å². The summed E-state index contributed by atoms with van der Waals surface area (Å²) in [6.45, 7) is 2.84. The highest BCUT2D eigenvalue weighted by atomic mass is 35.5. The normalized spacial score (nSPS) is 17.6. The Kier molecular flexibility index (Phi) is 5.49. The molecule has 1 unspecified atom stereocenters. The fraction of sp³-hybridized carbons (Fsp3) is 0.600. The highest BCUT2D eigenvalue weighted by molar-refractivity contribution is 6.31. The summed E-state index contributed by atoms with van der Waals surface area (Å²) in [7, 11) is 0. The third-order valence-corrected chi connectivity index (χ3v) is 3.99. The number of halogens is 1. The Morgan fingerprint density at radius 2 is 2.16 bits per heavy atom. The van der Waals surface area contributed by atoms with Crippen molar-refractivity contribution in [3.05, 3.63) is 28.8 Å². The van der Waals surface area contributed by atoms with E-state index in [1.54, 1.807) is 0 Å². The fourth-order valence-electron chi connectivity index (χ4n) is 2.39. The maximum Gasteiger partial charge on any atom is 0.119 e. The van der Waals surface area contributed by atoms with Crippen LogP contribution >= 0.6 is 11.6 Å². The number of hydrogen-bond acceptors (Lipinski definition) is 3. The molecule has 0 amide bonds. The van der Waals surface area contributed by atoms with Gasteiger partial charge < -0.3 is 15.2 Å². The molecule has 1 saturated carbocycles. The first-order valence-electron chi connectivity index (χ1n) is 6.95. The van der Waals surface area contributed by atoms with E-state index in [1.165, 1.54) is 25.7 Å². The maximum atomic E-state index is 9.88. The first-order valence-corrected chi connectivity index (χ1v) is 7.33. The van der Waals surface area contributed by atoms with Crippen molar-refractivity contribution in [3.63, 3.8) is 0 Å². The van der Waals surface area contributed by atoms with E-state index in [1.807, 2.05) is 25.1 Å². The summed E-state index contributed by atoms with van der Waals surface area (Å²) in [4.78, 5) is 0. The number of benzene rings is 1. The van der Waals surface area contributed by atoms with Crippen molar-refractivity contribution in [2.75, 3.05) is 13.2 Å². The molecule has 0 heterocycles. The molecule has 0 aromatic heterocycles. The van der Waals surface area contributed by atoms with Crippen LogP contribution in [0.2, 0.25) is 5.02 Å². The Labute approximate surface area is 119 Å². The SMILES string of the molecule is Cc1cc(OCC(O)CNC2CCCC2)ccc1Cl. The zero-order valence-electron chi connectivity index (χ0n) is 11.4. The standard InChI is InChI=1S/C15H22ClNO2/c1-11-8-14(6-7-15(11)16)19-10-13(18)9-17-12-4-2-3-5-12/h6-8,12-13,17-18H,2-5,9-10H2,1H3. The van der Waals surface area contributed by atoms with Gasteiger partial charge in [0.15, 0.2) is 0 Å². The Balaban J connectivity index is 1.70. The van der Waals surface area contributed by atoms with E-state index < -0.39 is 6.10 Å². The molecule has 106 valence electrons. The molecule has 2 N–H and O–H groups in total. The lowest BCUT2D eigenvalue weighted by molar-refractivity contribution is 0.104. The number of aryl methyl sites for hydroxylation is 1. The second-order valence-electron chi connectivity index (χ2n) is 5.27. The third kappa shape index (κ3) is 4.68. The van der Waals surface area contributed by atoms with Crippen LogP contribution in [0.1, 0.15) is 31.2 Å². The first-order chi connectivity index (χ1) is 9.15. The first kappa shape index (κ1) is 14.6. The lowest BCUT2D eigenvalue weighted by atomic mass is 10.2. The van der Waals surface area contributed by atoms with Gasteiger partial charge in [-0.2, -0.15) is 0 Å². The van der Waals surface area contributed by atoms with E-state index in [0.717, 1.165) is 16.3 Å². The van der Waals surface area contributed by atoms with E-state index in [4.69, 9.17) is 16.3 Å². The van der Waals surface area contributed by atoms with Crippen LogP contribution in [0.15, 0.2) is 18.2 Å². The Hall–Kier alpha value is -0.770. The second kappa shape index (κ2) is 7.13. The number of aliphatic hydroxyl groups excluding tert-OH is 1. The quantitative estimate of drug-likeness (QED) is 0.843. The monoisotopic (exact) mass is 283 g/mol. The lowest BCUT2D eigenvalue weighted by Gasteiger charge is -2.17. The molecule has 1 fully saturated rings. The van der Waals surface area contributed by atoms with Crippen molar-refractivity contribution >= 4 is 11.6 Å². The van der Waals surface area contributed by atoms with Crippen molar-refractivity contribution in [2.24, 2.45) is 0 Å². The van der Waals surface area contributed by atoms with Gasteiger partial charge in [0, 0.05) is 17.6 Å². The van der Waals surface area contributed by atoms with Gasteiger partial charge in [-0.1, -0.05) is 24.4 Å². The summed E-state index contributed by atoms with van der Waals surface area (Å²) < 4.78 is 5.57. The van der Waals surface area contributed by atoms with Crippen LogP contribution in [0.5, 0.6) is 5.75 Å². The summed E-state index contributed by atoms with van der Waals surface area (Å²) in [5.74, 6) is 0.752.